The van der Waals surface area contributed by atoms with Crippen molar-refractivity contribution in [2.24, 2.45) is 0 Å². The molecule has 2 rings (SSSR count). The maximum absolute atomic E-state index is 12.2. The Hall–Kier alpha value is -1.46. The van der Waals surface area contributed by atoms with Crippen LogP contribution < -0.4 is 4.74 Å². The number of hydrogen-bond acceptors (Lipinski definition) is 3. The lowest BCUT2D eigenvalue weighted by molar-refractivity contribution is -0.134. The molecule has 0 saturated carbocycles. The molecule has 1 aliphatic rings. The van der Waals surface area contributed by atoms with E-state index in [2.05, 4.69) is 0 Å². The zero-order valence-corrected chi connectivity index (χ0v) is 13.9. The van der Waals surface area contributed by atoms with Crippen molar-refractivity contribution in [1.82, 2.24) is 9.80 Å². The Morgan fingerprint density at radius 1 is 1.14 bits per heavy atom. The molecule has 0 N–H and O–H groups in total. The van der Waals surface area contributed by atoms with Gasteiger partial charge in [-0.1, -0.05) is 23.2 Å². The molecular formula is C15H18Cl2N2O3. The number of carbonyl (C=O) groups excluding carboxylic acids is 2. The Bertz CT molecular complexity index is 566. The predicted octanol–water partition coefficient (Wildman–Crippen LogP) is 2.45. The maximum atomic E-state index is 12.2. The van der Waals surface area contributed by atoms with Gasteiger partial charge in [-0.15, -0.1) is 0 Å². The second kappa shape index (κ2) is 7.70. The SMILES string of the molecule is CC(=O)N1CCCN(C(=O)COc2ccc(Cl)cc2Cl)CC1. The summed E-state index contributed by atoms with van der Waals surface area (Å²) in [6, 6.07) is 4.86. The van der Waals surface area contributed by atoms with E-state index in [1.165, 1.54) is 0 Å². The predicted molar refractivity (Wildman–Crippen MR) is 85.4 cm³/mol. The number of rotatable bonds is 3. The Morgan fingerprint density at radius 3 is 2.50 bits per heavy atom. The quantitative estimate of drug-likeness (QED) is 0.846. The third-order valence-corrected chi connectivity index (χ3v) is 4.07. The third-order valence-electron chi connectivity index (χ3n) is 3.54. The molecule has 7 heteroatoms. The summed E-state index contributed by atoms with van der Waals surface area (Å²) in [5.41, 5.74) is 0. The smallest absolute Gasteiger partial charge is 0.260 e. The second-order valence-corrected chi connectivity index (χ2v) is 5.95. The summed E-state index contributed by atoms with van der Waals surface area (Å²) < 4.78 is 5.46. The number of benzene rings is 1. The van der Waals surface area contributed by atoms with Crippen molar-refractivity contribution in [3.05, 3.63) is 28.2 Å². The van der Waals surface area contributed by atoms with Gasteiger partial charge in [0, 0.05) is 38.1 Å². The molecule has 0 aromatic heterocycles. The van der Waals surface area contributed by atoms with Gasteiger partial charge in [0.05, 0.1) is 5.02 Å². The summed E-state index contributed by atoms with van der Waals surface area (Å²) in [6.07, 6.45) is 0.771. The van der Waals surface area contributed by atoms with Gasteiger partial charge in [-0.05, 0) is 24.6 Å². The molecule has 0 spiro atoms. The molecule has 2 amide bonds. The summed E-state index contributed by atoms with van der Waals surface area (Å²) in [7, 11) is 0. The van der Waals surface area contributed by atoms with Gasteiger partial charge >= 0.3 is 0 Å². The van der Waals surface area contributed by atoms with E-state index in [1.54, 1.807) is 34.9 Å². The standard InChI is InChI=1S/C15H18Cl2N2O3/c1-11(20)18-5-2-6-19(8-7-18)15(21)10-22-14-4-3-12(16)9-13(14)17/h3-4,9H,2,5-8,10H2,1H3. The molecule has 1 heterocycles. The highest BCUT2D eigenvalue weighted by Crippen LogP contribution is 2.27. The Balaban J connectivity index is 1.88. The Labute approximate surface area is 139 Å². The minimum atomic E-state index is -0.114. The molecule has 5 nitrogen and oxygen atoms in total. The van der Waals surface area contributed by atoms with Crippen LogP contribution in [0.5, 0.6) is 5.75 Å². The second-order valence-electron chi connectivity index (χ2n) is 5.10. The van der Waals surface area contributed by atoms with E-state index in [1.807, 2.05) is 0 Å². The summed E-state index contributed by atoms with van der Waals surface area (Å²) in [5, 5.41) is 0.888. The summed E-state index contributed by atoms with van der Waals surface area (Å²) in [5.74, 6) is 0.356. The number of hydrogen-bond donors (Lipinski definition) is 0. The summed E-state index contributed by atoms with van der Waals surface area (Å²) in [4.78, 5) is 27.1. The fourth-order valence-corrected chi connectivity index (χ4v) is 2.77. The van der Waals surface area contributed by atoms with E-state index >= 15 is 0 Å². The van der Waals surface area contributed by atoms with Crippen LogP contribution in [0, 0.1) is 0 Å². The molecule has 0 aliphatic carbocycles. The van der Waals surface area contributed by atoms with E-state index in [0.717, 1.165) is 6.42 Å². The van der Waals surface area contributed by atoms with Crippen LogP contribution in [-0.2, 0) is 9.59 Å². The van der Waals surface area contributed by atoms with Crippen molar-refractivity contribution in [2.45, 2.75) is 13.3 Å². The molecule has 1 aromatic rings. The average Bonchev–Trinajstić information content (AvgIpc) is 2.72. The number of carbonyl (C=O) groups is 2. The fraction of sp³-hybridized carbons (Fsp3) is 0.467. The fourth-order valence-electron chi connectivity index (χ4n) is 2.30. The molecule has 1 fully saturated rings. The average molecular weight is 345 g/mol. The third kappa shape index (κ3) is 4.52. The minimum absolute atomic E-state index is 0.0403. The lowest BCUT2D eigenvalue weighted by atomic mass is 10.3. The van der Waals surface area contributed by atoms with Crippen molar-refractivity contribution in [3.63, 3.8) is 0 Å². The van der Waals surface area contributed by atoms with Crippen LogP contribution >= 0.6 is 23.2 Å². The number of nitrogens with zero attached hydrogens (tertiary/aromatic N) is 2. The van der Waals surface area contributed by atoms with Gasteiger partial charge in [-0.3, -0.25) is 9.59 Å². The van der Waals surface area contributed by atoms with Gasteiger partial charge in [0.1, 0.15) is 5.75 Å². The number of ether oxygens (including phenoxy) is 1. The van der Waals surface area contributed by atoms with Crippen LogP contribution in [0.1, 0.15) is 13.3 Å². The normalized spacial score (nSPS) is 15.4. The van der Waals surface area contributed by atoms with Crippen LogP contribution in [0.25, 0.3) is 0 Å². The lowest BCUT2D eigenvalue weighted by Crippen LogP contribution is -2.38. The highest BCUT2D eigenvalue weighted by atomic mass is 35.5. The Morgan fingerprint density at radius 2 is 1.82 bits per heavy atom. The molecule has 1 saturated heterocycles. The highest BCUT2D eigenvalue weighted by Gasteiger charge is 2.20. The van der Waals surface area contributed by atoms with Crippen molar-refractivity contribution in [3.8, 4) is 5.75 Å². The van der Waals surface area contributed by atoms with Gasteiger partial charge in [0.25, 0.3) is 5.91 Å². The maximum Gasteiger partial charge on any atom is 0.260 e. The number of amides is 2. The first-order valence-corrected chi connectivity index (χ1v) is 7.84. The van der Waals surface area contributed by atoms with Gasteiger partial charge in [-0.25, -0.2) is 0 Å². The summed E-state index contributed by atoms with van der Waals surface area (Å²) >= 11 is 11.8. The van der Waals surface area contributed by atoms with Gasteiger partial charge in [0.15, 0.2) is 6.61 Å². The van der Waals surface area contributed by atoms with Gasteiger partial charge in [0.2, 0.25) is 5.91 Å². The highest BCUT2D eigenvalue weighted by molar-refractivity contribution is 6.35. The molecule has 0 atom stereocenters. The molecule has 1 aromatic carbocycles. The van der Waals surface area contributed by atoms with Crippen LogP contribution in [0.15, 0.2) is 18.2 Å². The molecule has 0 radical (unpaired) electrons. The van der Waals surface area contributed by atoms with E-state index < -0.39 is 0 Å². The molecular weight excluding hydrogens is 327 g/mol. The van der Waals surface area contributed by atoms with Crippen LogP contribution in [0.2, 0.25) is 10.0 Å². The zero-order chi connectivity index (χ0) is 16.1. The van der Waals surface area contributed by atoms with Gasteiger partial charge in [-0.2, -0.15) is 0 Å². The van der Waals surface area contributed by atoms with Crippen LogP contribution in [0.3, 0.4) is 0 Å². The van der Waals surface area contributed by atoms with Crippen molar-refractivity contribution < 1.29 is 14.3 Å². The lowest BCUT2D eigenvalue weighted by Gasteiger charge is -2.21. The van der Waals surface area contributed by atoms with E-state index in [4.69, 9.17) is 27.9 Å². The topological polar surface area (TPSA) is 49.9 Å². The van der Waals surface area contributed by atoms with E-state index in [-0.39, 0.29) is 18.4 Å². The molecule has 22 heavy (non-hydrogen) atoms. The Kier molecular flexibility index (Phi) is 5.91. The summed E-state index contributed by atoms with van der Waals surface area (Å²) in [6.45, 7) is 3.85. The van der Waals surface area contributed by atoms with E-state index in [0.29, 0.717) is 42.0 Å². The van der Waals surface area contributed by atoms with Crippen molar-refractivity contribution in [2.75, 3.05) is 32.8 Å². The van der Waals surface area contributed by atoms with Crippen molar-refractivity contribution in [1.29, 1.82) is 0 Å². The molecule has 0 bridgehead atoms. The largest absolute Gasteiger partial charge is 0.482 e. The first-order chi connectivity index (χ1) is 10.5. The zero-order valence-electron chi connectivity index (χ0n) is 12.3. The number of halogens is 2. The van der Waals surface area contributed by atoms with Gasteiger partial charge < -0.3 is 14.5 Å². The van der Waals surface area contributed by atoms with Crippen LogP contribution in [0.4, 0.5) is 0 Å². The molecule has 0 unspecified atom stereocenters. The first kappa shape index (κ1) is 16.9. The minimum Gasteiger partial charge on any atom is -0.482 e. The molecule has 1 aliphatic heterocycles. The van der Waals surface area contributed by atoms with E-state index in [9.17, 15) is 9.59 Å². The van der Waals surface area contributed by atoms with Crippen molar-refractivity contribution >= 4 is 35.0 Å². The monoisotopic (exact) mass is 344 g/mol. The molecule has 120 valence electrons. The first-order valence-electron chi connectivity index (χ1n) is 7.08. The van der Waals surface area contributed by atoms with Crippen LogP contribution in [-0.4, -0.2) is 54.4 Å².